The van der Waals surface area contributed by atoms with Crippen LogP contribution in [0.4, 0.5) is 0 Å². The van der Waals surface area contributed by atoms with Crippen molar-refractivity contribution in [2.75, 3.05) is 0 Å². The van der Waals surface area contributed by atoms with Gasteiger partial charge in [0.05, 0.1) is 0 Å². The molecule has 2 atom stereocenters. The average Bonchev–Trinajstić information content (AvgIpc) is 2.22. The highest BCUT2D eigenvalue weighted by Gasteiger charge is 2.24. The van der Waals surface area contributed by atoms with Gasteiger partial charge in [-0.05, 0) is 6.92 Å². The maximum absolute atomic E-state index is 9.68. The van der Waals surface area contributed by atoms with Crippen LogP contribution in [0.5, 0.6) is 0 Å². The molecule has 0 saturated carbocycles. The third kappa shape index (κ3) is 2.84. The Hall–Kier alpha value is -1.77. The zero-order valence-electron chi connectivity index (χ0n) is 8.64. The summed E-state index contributed by atoms with van der Waals surface area (Å²) in [5.41, 5.74) is 1.95. The van der Waals surface area contributed by atoms with Gasteiger partial charge in [0.1, 0.15) is 6.10 Å². The summed E-state index contributed by atoms with van der Waals surface area (Å²) in [5, 5.41) is 9.68. The molecule has 0 heterocycles. The predicted octanol–water partition coefficient (Wildman–Crippen LogP) is 2.34. The van der Waals surface area contributed by atoms with E-state index in [9.17, 15) is 5.11 Å². The van der Waals surface area contributed by atoms with Gasteiger partial charge >= 0.3 is 0 Å². The van der Waals surface area contributed by atoms with E-state index in [0.717, 1.165) is 11.1 Å². The number of terminal acetylenes is 1. The van der Waals surface area contributed by atoms with Gasteiger partial charge in [-0.15, -0.1) is 12.3 Å². The van der Waals surface area contributed by atoms with E-state index in [0.29, 0.717) is 0 Å². The molecule has 1 rings (SSSR count). The second-order valence-electron chi connectivity index (χ2n) is 3.46. The van der Waals surface area contributed by atoms with Crippen LogP contribution >= 0.6 is 0 Å². The molecule has 0 aliphatic rings. The van der Waals surface area contributed by atoms with Crippen molar-refractivity contribution >= 4 is 0 Å². The van der Waals surface area contributed by atoms with Crippen LogP contribution in [0.3, 0.4) is 0 Å². The van der Waals surface area contributed by atoms with Crippen molar-refractivity contribution in [1.82, 2.24) is 0 Å². The van der Waals surface area contributed by atoms with Crippen LogP contribution in [-0.4, -0.2) is 11.2 Å². The van der Waals surface area contributed by atoms with Gasteiger partial charge in [0.2, 0.25) is 0 Å². The van der Waals surface area contributed by atoms with Crippen molar-refractivity contribution in [2.24, 2.45) is 0 Å². The lowest BCUT2D eigenvalue weighted by atomic mass is 9.99. The topological polar surface area (TPSA) is 24.6 Å². The van der Waals surface area contributed by atoms with Crippen molar-refractivity contribution in [3.8, 4) is 12.3 Å². The van der Waals surface area contributed by atoms with Crippen LogP contribution in [0.15, 0.2) is 24.3 Å². The summed E-state index contributed by atoms with van der Waals surface area (Å²) in [6, 6.07) is 7.02. The molecule has 0 aliphatic carbocycles. The molecule has 1 N–H and O–H groups in total. The number of hydrogen-bond acceptors (Lipinski definition) is 1. The Morgan fingerprint density at radius 3 is 2.53 bits per heavy atom. The zero-order valence-corrected chi connectivity index (χ0v) is 8.64. The normalized spacial score (nSPS) is 13.6. The summed E-state index contributed by atoms with van der Waals surface area (Å²) < 4.78 is 0. The number of aryl methyl sites for hydroxylation is 1. The molecule has 0 radical (unpaired) electrons. The van der Waals surface area contributed by atoms with Gasteiger partial charge in [-0.1, -0.05) is 29.8 Å². The first-order chi connectivity index (χ1) is 7.19. The molecule has 1 aromatic rings. The molecule has 0 aliphatic heterocycles. The SMILES string of the molecule is [C-]#[N+]C(c1ccc(C)cc1)C(O)CC#C. The summed E-state index contributed by atoms with van der Waals surface area (Å²) in [6.45, 7) is 9.04. The zero-order chi connectivity index (χ0) is 11.3. The van der Waals surface area contributed by atoms with Gasteiger partial charge in [0.25, 0.3) is 6.04 Å². The van der Waals surface area contributed by atoms with E-state index >= 15 is 0 Å². The largest absolute Gasteiger partial charge is 0.384 e. The Labute approximate surface area is 90.4 Å². The molecular weight excluding hydrogens is 186 g/mol. The van der Waals surface area contributed by atoms with E-state index in [1.54, 1.807) is 0 Å². The first kappa shape index (κ1) is 11.3. The number of benzene rings is 1. The standard InChI is InChI=1S/C13H13NO/c1-4-5-12(15)13(14-3)11-8-6-10(2)7-9-11/h1,6-9,12-13,15H,5H2,2H3. The molecule has 2 heteroatoms. The minimum Gasteiger partial charge on any atom is -0.384 e. The van der Waals surface area contributed by atoms with Crippen molar-refractivity contribution in [3.05, 3.63) is 46.8 Å². The van der Waals surface area contributed by atoms with E-state index in [-0.39, 0.29) is 6.42 Å². The van der Waals surface area contributed by atoms with Gasteiger partial charge in [-0.2, -0.15) is 0 Å². The Balaban J connectivity index is 2.89. The number of aliphatic hydroxyl groups is 1. The van der Waals surface area contributed by atoms with E-state index in [1.165, 1.54) is 0 Å². The van der Waals surface area contributed by atoms with E-state index in [4.69, 9.17) is 13.0 Å². The maximum atomic E-state index is 9.68. The lowest BCUT2D eigenvalue weighted by Gasteiger charge is -2.10. The molecule has 0 spiro atoms. The first-order valence-electron chi connectivity index (χ1n) is 4.73. The Morgan fingerprint density at radius 1 is 1.47 bits per heavy atom. The quantitative estimate of drug-likeness (QED) is 0.586. The molecule has 0 amide bonds. The van der Waals surface area contributed by atoms with Gasteiger partial charge in [0.15, 0.2) is 0 Å². The minimum atomic E-state index is -0.782. The van der Waals surface area contributed by atoms with Crippen molar-refractivity contribution in [3.63, 3.8) is 0 Å². The van der Waals surface area contributed by atoms with Gasteiger partial charge in [0, 0.05) is 12.0 Å². The highest BCUT2D eigenvalue weighted by atomic mass is 16.3. The molecule has 0 saturated heterocycles. The summed E-state index contributed by atoms with van der Waals surface area (Å²) in [4.78, 5) is 3.41. The predicted molar refractivity (Wildman–Crippen MR) is 60.0 cm³/mol. The lowest BCUT2D eigenvalue weighted by Crippen LogP contribution is -2.14. The maximum Gasteiger partial charge on any atom is 0.275 e. The van der Waals surface area contributed by atoms with E-state index < -0.39 is 12.1 Å². The van der Waals surface area contributed by atoms with Crippen LogP contribution in [0.1, 0.15) is 23.6 Å². The fourth-order valence-corrected chi connectivity index (χ4v) is 1.38. The second kappa shape index (κ2) is 5.20. The minimum absolute atomic E-state index is 0.209. The number of nitrogens with zero attached hydrogens (tertiary/aromatic N) is 1. The molecule has 1 aromatic carbocycles. The molecule has 2 unspecified atom stereocenters. The molecule has 0 fully saturated rings. The van der Waals surface area contributed by atoms with E-state index in [2.05, 4.69) is 10.8 Å². The van der Waals surface area contributed by atoms with Gasteiger partial charge < -0.3 is 9.95 Å². The van der Waals surface area contributed by atoms with Crippen molar-refractivity contribution < 1.29 is 5.11 Å². The van der Waals surface area contributed by atoms with Crippen LogP contribution in [0, 0.1) is 25.8 Å². The van der Waals surface area contributed by atoms with Crippen LogP contribution < -0.4 is 0 Å². The van der Waals surface area contributed by atoms with Crippen molar-refractivity contribution in [1.29, 1.82) is 0 Å². The van der Waals surface area contributed by atoms with E-state index in [1.807, 2.05) is 31.2 Å². The highest BCUT2D eigenvalue weighted by Crippen LogP contribution is 2.23. The molecule has 0 bridgehead atoms. The summed E-state index contributed by atoms with van der Waals surface area (Å²) in [7, 11) is 0. The number of aliphatic hydroxyl groups excluding tert-OH is 1. The Morgan fingerprint density at radius 2 is 2.07 bits per heavy atom. The smallest absolute Gasteiger partial charge is 0.275 e. The van der Waals surface area contributed by atoms with Crippen LogP contribution in [0.25, 0.3) is 4.85 Å². The molecular formula is C13H13NO. The van der Waals surface area contributed by atoms with Gasteiger partial charge in [-0.25, -0.2) is 6.57 Å². The summed E-state index contributed by atoms with van der Waals surface area (Å²) >= 11 is 0. The third-order valence-corrected chi connectivity index (χ3v) is 2.25. The average molecular weight is 199 g/mol. The fraction of sp³-hybridized carbons (Fsp3) is 0.308. The second-order valence-corrected chi connectivity index (χ2v) is 3.46. The molecule has 0 aromatic heterocycles. The molecule has 2 nitrogen and oxygen atoms in total. The number of hydrogen-bond donors (Lipinski definition) is 1. The summed E-state index contributed by atoms with van der Waals surface area (Å²) in [6.07, 6.45) is 4.54. The summed E-state index contributed by atoms with van der Waals surface area (Å²) in [5.74, 6) is 2.37. The monoisotopic (exact) mass is 199 g/mol. The van der Waals surface area contributed by atoms with Crippen molar-refractivity contribution in [2.45, 2.75) is 25.5 Å². The Bertz CT molecular complexity index is 394. The van der Waals surface area contributed by atoms with Gasteiger partial charge in [-0.3, -0.25) is 0 Å². The Kier molecular flexibility index (Phi) is 3.92. The first-order valence-corrected chi connectivity index (χ1v) is 4.73. The lowest BCUT2D eigenvalue weighted by molar-refractivity contribution is 0.164. The number of rotatable bonds is 3. The third-order valence-electron chi connectivity index (χ3n) is 2.25. The molecule has 15 heavy (non-hydrogen) atoms. The molecule has 76 valence electrons. The van der Waals surface area contributed by atoms with Crippen LogP contribution in [0.2, 0.25) is 0 Å². The fourth-order valence-electron chi connectivity index (χ4n) is 1.38. The highest BCUT2D eigenvalue weighted by molar-refractivity contribution is 5.27. The van der Waals surface area contributed by atoms with Crippen LogP contribution in [-0.2, 0) is 0 Å².